The molecule has 0 unspecified atom stereocenters. The minimum Gasteiger partial charge on any atom is -0.529 e. The molecule has 0 aliphatic rings. The molecule has 1 radical (unpaired) electrons. The van der Waals surface area contributed by atoms with Crippen LogP contribution in [-0.2, 0) is 27.8 Å². The van der Waals surface area contributed by atoms with Crippen molar-refractivity contribution >= 4 is 16.5 Å². The van der Waals surface area contributed by atoms with Crippen LogP contribution in [0.3, 0.4) is 0 Å². The second-order valence-electron chi connectivity index (χ2n) is 3.29. The largest absolute Gasteiger partial charge is 0.529 e. The van der Waals surface area contributed by atoms with E-state index < -0.39 is 0 Å². The zero-order chi connectivity index (χ0) is 10.3. The molecule has 0 aromatic heterocycles. The van der Waals surface area contributed by atoms with Crippen LogP contribution in [0.5, 0.6) is 0 Å². The summed E-state index contributed by atoms with van der Waals surface area (Å²) in [6, 6.07) is 0. The smallest absolute Gasteiger partial charge is 0.295 e. The van der Waals surface area contributed by atoms with Gasteiger partial charge in [0, 0.05) is 18.6 Å². The molecule has 0 fully saturated rings. The minimum atomic E-state index is -0.0526. The molecule has 0 heterocycles. The van der Waals surface area contributed by atoms with Crippen LogP contribution in [0.25, 0.3) is 0 Å². The molecule has 4 heteroatoms. The van der Waals surface area contributed by atoms with Crippen LogP contribution in [-0.4, -0.2) is 16.5 Å². The molecule has 0 aliphatic carbocycles. The van der Waals surface area contributed by atoms with E-state index in [-0.39, 0.29) is 67.6 Å². The summed E-state index contributed by atoms with van der Waals surface area (Å²) in [4.78, 5) is 11.3. The van der Waals surface area contributed by atoms with Gasteiger partial charge in [0.2, 0.25) is 10.5 Å². The summed E-state index contributed by atoms with van der Waals surface area (Å²) in [5.41, 5.74) is 0. The molecular formula is C15H40O2SiV. The van der Waals surface area contributed by atoms with E-state index in [1.807, 2.05) is 19.9 Å². The first-order valence-corrected chi connectivity index (χ1v) is 5.69. The van der Waals surface area contributed by atoms with E-state index in [0.717, 1.165) is 12.8 Å². The van der Waals surface area contributed by atoms with E-state index in [0.29, 0.717) is 16.4 Å². The molecule has 0 aliphatic heterocycles. The van der Waals surface area contributed by atoms with Crippen molar-refractivity contribution in [3.05, 3.63) is 12.2 Å². The number of hydrogen-bond acceptors (Lipinski definition) is 2. The van der Waals surface area contributed by atoms with Gasteiger partial charge in [0.25, 0.3) is 5.97 Å². The molecule has 19 heavy (non-hydrogen) atoms. The monoisotopic (exact) mass is 331 g/mol. The Hall–Kier alpha value is 0.0113. The third-order valence-corrected chi connectivity index (χ3v) is 2.68. The van der Waals surface area contributed by atoms with Crippen LogP contribution in [0.15, 0.2) is 12.2 Å². The predicted octanol–water partition coefficient (Wildman–Crippen LogP) is 4.62. The first-order chi connectivity index (χ1) is 6.17. The number of allylic oxidation sites excluding steroid dienone is 2. The molecule has 0 aromatic carbocycles. The Labute approximate surface area is 139 Å². The number of rotatable bonds is 5. The van der Waals surface area contributed by atoms with Crippen molar-refractivity contribution in [2.24, 2.45) is 11.8 Å². The van der Waals surface area contributed by atoms with Gasteiger partial charge in [-0.05, 0) is 19.3 Å². The van der Waals surface area contributed by atoms with E-state index in [9.17, 15) is 4.79 Å². The van der Waals surface area contributed by atoms with Gasteiger partial charge in [-0.1, -0.05) is 69.6 Å². The van der Waals surface area contributed by atoms with Crippen molar-refractivity contribution in [2.75, 3.05) is 0 Å². The average molecular weight is 332 g/mol. The maximum atomic E-state index is 11.3. The Bertz CT molecular complexity index is 185. The van der Waals surface area contributed by atoms with E-state index in [1.165, 1.54) is 0 Å². The summed E-state index contributed by atoms with van der Waals surface area (Å²) < 4.78 is 4.85. The van der Waals surface area contributed by atoms with Gasteiger partial charge in [-0.2, -0.15) is 0 Å². The Balaban J connectivity index is -0.0000000480. The first-order valence-electron chi connectivity index (χ1n) is 4.88. The zero-order valence-corrected chi connectivity index (χ0v) is 12.9. The fraction of sp³-hybridized carbons (Fsp3) is 0.800. The first kappa shape index (κ1) is 42.7. The second-order valence-corrected chi connectivity index (χ2v) is 3.70. The molecule has 2 nitrogen and oxygen atoms in total. The molecule has 2 atom stereocenters. The van der Waals surface area contributed by atoms with Crippen LogP contribution < -0.4 is 0 Å². The van der Waals surface area contributed by atoms with E-state index in [4.69, 9.17) is 4.43 Å². The fourth-order valence-corrected chi connectivity index (χ4v) is 1.83. The van der Waals surface area contributed by atoms with Crippen molar-refractivity contribution in [1.29, 1.82) is 0 Å². The number of hydrogen-bond donors (Lipinski definition) is 0. The Kier molecular flexibility index (Phi) is 59.7. The summed E-state index contributed by atoms with van der Waals surface area (Å²) in [7, 11) is 0.501. The molecule has 0 saturated heterocycles. The van der Waals surface area contributed by atoms with Gasteiger partial charge in [0.15, 0.2) is 0 Å². The van der Waals surface area contributed by atoms with Gasteiger partial charge < -0.3 is 4.43 Å². The summed E-state index contributed by atoms with van der Waals surface area (Å²) in [6.45, 7) is 6.07. The van der Waals surface area contributed by atoms with Crippen molar-refractivity contribution in [2.45, 2.75) is 70.7 Å². The van der Waals surface area contributed by atoms with E-state index in [1.54, 1.807) is 0 Å². The molecule has 0 saturated carbocycles. The summed E-state index contributed by atoms with van der Waals surface area (Å²) in [5, 5.41) is 0. The molecule has 0 spiro atoms. The van der Waals surface area contributed by atoms with Crippen LogP contribution in [0.2, 0.25) is 0 Å². The summed E-state index contributed by atoms with van der Waals surface area (Å²) in [6.07, 6.45) is 6.28. The molecule has 0 bridgehead atoms. The maximum Gasteiger partial charge on any atom is 0.295 e. The predicted molar refractivity (Wildman–Crippen MR) is 92.1 cm³/mol. The van der Waals surface area contributed by atoms with Gasteiger partial charge in [-0.25, -0.2) is 0 Å². The third-order valence-electron chi connectivity index (χ3n) is 2.28. The molecule has 0 rings (SSSR count). The molecular weight excluding hydrogens is 291 g/mol. The molecule has 0 amide bonds. The van der Waals surface area contributed by atoms with Gasteiger partial charge in [0.05, 0.1) is 5.92 Å². The van der Waals surface area contributed by atoms with Gasteiger partial charge >= 0.3 is 0 Å². The zero-order valence-electron chi connectivity index (χ0n) is 9.49. The van der Waals surface area contributed by atoms with Gasteiger partial charge in [-0.3, -0.25) is 4.79 Å². The Morgan fingerprint density at radius 3 is 1.89 bits per heavy atom. The van der Waals surface area contributed by atoms with Crippen molar-refractivity contribution in [3.8, 4) is 0 Å². The SMILES string of the molecule is C.C.C.C.C.C/C=C/[C@@H](CCC)[C@@H](C)C(=O)O[SiH3].[V]. The fourth-order valence-electron chi connectivity index (χ4n) is 1.45. The molecule has 0 aromatic rings. The Morgan fingerprint density at radius 2 is 1.63 bits per heavy atom. The number of carbonyl (C=O) groups excluding carboxylic acids is 1. The Morgan fingerprint density at radius 1 is 1.21 bits per heavy atom. The van der Waals surface area contributed by atoms with Crippen molar-refractivity contribution < 1.29 is 27.8 Å². The van der Waals surface area contributed by atoms with Crippen LogP contribution in [0, 0.1) is 11.8 Å². The van der Waals surface area contributed by atoms with E-state index in [2.05, 4.69) is 13.0 Å². The summed E-state index contributed by atoms with van der Waals surface area (Å²) in [5.74, 6) is 0.299. The van der Waals surface area contributed by atoms with Crippen LogP contribution in [0.4, 0.5) is 0 Å². The second kappa shape index (κ2) is 26.5. The normalized spacial score (nSPS) is 10.9. The summed E-state index contributed by atoms with van der Waals surface area (Å²) >= 11 is 0. The molecule has 121 valence electrons. The quantitative estimate of drug-likeness (QED) is 0.543. The third kappa shape index (κ3) is 18.0. The maximum absolute atomic E-state index is 11.3. The van der Waals surface area contributed by atoms with E-state index >= 15 is 0 Å². The van der Waals surface area contributed by atoms with Gasteiger partial charge in [-0.15, -0.1) is 0 Å². The standard InChI is InChI=1S/C10H20O2Si.5CH4.V/c1-4-6-9(7-5-2)8(3)10(11)12-13;;;;;;/h4,6,8-9H,5,7H2,1-3,13H3;5*1H4;/b6-4+;;;;;;/t8-,9+;;;;;;/m1....../s1. The van der Waals surface area contributed by atoms with Gasteiger partial charge in [0.1, 0.15) is 0 Å². The molecule has 0 N–H and O–H groups in total. The van der Waals surface area contributed by atoms with Crippen molar-refractivity contribution in [3.63, 3.8) is 0 Å². The minimum absolute atomic E-state index is 0. The van der Waals surface area contributed by atoms with Crippen LogP contribution in [0.1, 0.15) is 70.7 Å². The number of carbonyl (C=O) groups is 1. The van der Waals surface area contributed by atoms with Crippen molar-refractivity contribution in [1.82, 2.24) is 0 Å². The van der Waals surface area contributed by atoms with Crippen LogP contribution >= 0.6 is 0 Å². The average Bonchev–Trinajstić information content (AvgIpc) is 2.15. The topological polar surface area (TPSA) is 26.3 Å².